The highest BCUT2D eigenvalue weighted by Crippen LogP contribution is 2.67. The quantitative estimate of drug-likeness (QED) is 0.123. The first-order valence-corrected chi connectivity index (χ1v) is 20.0. The smallest absolute Gasteiger partial charge is 0.306 e. The molecule has 0 aliphatic heterocycles. The molecule has 1 heterocycles. The number of carbonyl (C=O) groups is 1. The van der Waals surface area contributed by atoms with Crippen LogP contribution >= 0.6 is 0 Å². The van der Waals surface area contributed by atoms with Crippen LogP contribution in [0.3, 0.4) is 0 Å². The van der Waals surface area contributed by atoms with Gasteiger partial charge in [0.25, 0.3) is 0 Å². The van der Waals surface area contributed by atoms with Crippen LogP contribution in [0.25, 0.3) is 11.3 Å². The van der Waals surface area contributed by atoms with Crippen LogP contribution in [0.2, 0.25) is 0 Å². The van der Waals surface area contributed by atoms with Gasteiger partial charge in [0.15, 0.2) is 0 Å². The summed E-state index contributed by atoms with van der Waals surface area (Å²) in [5.41, 5.74) is 7.33. The van der Waals surface area contributed by atoms with Crippen molar-refractivity contribution in [2.75, 3.05) is 0 Å². The van der Waals surface area contributed by atoms with Crippen LogP contribution in [0.5, 0.6) is 0 Å². The molecule has 4 aliphatic carbocycles. The molecule has 0 spiro atoms. The number of carbonyl (C=O) groups excluding carboxylic acids is 1. The SMILES string of the molecule is Cc1cccnc1-c1ccccc1CCCCCC(=O)O[C@H]1CC[C@@]2(C)C(=CC[C@H]3[C@@H]4CC[C@H]([C@H](C)CCCC(C)C)[C@@]4(C)CC[C@@H]32)C1. The Morgan fingerprint density at radius 3 is 2.56 bits per heavy atom. The Morgan fingerprint density at radius 2 is 1.75 bits per heavy atom. The summed E-state index contributed by atoms with van der Waals surface area (Å²) in [6.45, 7) is 14.7. The van der Waals surface area contributed by atoms with Gasteiger partial charge in [0.1, 0.15) is 6.10 Å². The fourth-order valence-electron chi connectivity index (χ4n) is 11.5. The van der Waals surface area contributed by atoms with Crippen molar-refractivity contribution in [2.45, 2.75) is 150 Å². The van der Waals surface area contributed by atoms with E-state index in [2.05, 4.69) is 82.9 Å². The lowest BCUT2D eigenvalue weighted by Crippen LogP contribution is -2.51. The van der Waals surface area contributed by atoms with Crippen molar-refractivity contribution in [3.63, 3.8) is 0 Å². The van der Waals surface area contributed by atoms with Crippen LogP contribution in [0.4, 0.5) is 0 Å². The maximum Gasteiger partial charge on any atom is 0.306 e. The monoisotopic (exact) mass is 652 g/mol. The molecule has 0 saturated heterocycles. The van der Waals surface area contributed by atoms with Gasteiger partial charge in [-0.05, 0) is 135 Å². The van der Waals surface area contributed by atoms with E-state index in [1.807, 2.05) is 12.3 Å². The second kappa shape index (κ2) is 15.2. The van der Waals surface area contributed by atoms with E-state index in [0.717, 1.165) is 79.7 Å². The Labute approximate surface area is 293 Å². The van der Waals surface area contributed by atoms with Crippen molar-refractivity contribution in [3.05, 3.63) is 65.4 Å². The molecule has 8 atom stereocenters. The van der Waals surface area contributed by atoms with Gasteiger partial charge in [-0.25, -0.2) is 0 Å². The molecule has 0 unspecified atom stereocenters. The zero-order chi connectivity index (χ0) is 33.9. The molecule has 3 fully saturated rings. The summed E-state index contributed by atoms with van der Waals surface area (Å²) < 4.78 is 6.16. The third-order valence-electron chi connectivity index (χ3n) is 14.2. The van der Waals surface area contributed by atoms with E-state index in [-0.39, 0.29) is 12.1 Å². The highest BCUT2D eigenvalue weighted by Gasteiger charge is 2.59. The number of nitrogens with zero attached hydrogens (tertiary/aromatic N) is 1. The number of unbranched alkanes of at least 4 members (excludes halogenated alkanes) is 2. The Kier molecular flexibility index (Phi) is 11.2. The molecule has 3 nitrogen and oxygen atoms in total. The van der Waals surface area contributed by atoms with E-state index >= 15 is 0 Å². The third kappa shape index (κ3) is 7.36. The highest BCUT2D eigenvalue weighted by atomic mass is 16.5. The lowest BCUT2D eigenvalue weighted by atomic mass is 9.47. The summed E-state index contributed by atoms with van der Waals surface area (Å²) >= 11 is 0. The van der Waals surface area contributed by atoms with Gasteiger partial charge in [0, 0.05) is 24.6 Å². The largest absolute Gasteiger partial charge is 0.462 e. The number of esters is 1. The van der Waals surface area contributed by atoms with E-state index in [4.69, 9.17) is 4.74 Å². The molecule has 0 amide bonds. The van der Waals surface area contributed by atoms with Crippen molar-refractivity contribution in [1.82, 2.24) is 4.98 Å². The molecule has 1 aromatic heterocycles. The Balaban J connectivity index is 0.969. The van der Waals surface area contributed by atoms with Gasteiger partial charge in [0.2, 0.25) is 0 Å². The van der Waals surface area contributed by atoms with Crippen LogP contribution in [0.15, 0.2) is 54.2 Å². The van der Waals surface area contributed by atoms with Gasteiger partial charge in [-0.15, -0.1) is 0 Å². The minimum atomic E-state index is 0.00958. The molecule has 3 heteroatoms. The zero-order valence-corrected chi connectivity index (χ0v) is 31.2. The number of aromatic nitrogens is 1. The van der Waals surface area contributed by atoms with Crippen molar-refractivity contribution in [1.29, 1.82) is 0 Å². The fraction of sp³-hybridized carbons (Fsp3) is 0.689. The minimum absolute atomic E-state index is 0.00958. The van der Waals surface area contributed by atoms with Crippen LogP contribution in [0.1, 0.15) is 142 Å². The van der Waals surface area contributed by atoms with Crippen molar-refractivity contribution in [2.24, 2.45) is 46.3 Å². The molecule has 0 N–H and O–H groups in total. The number of benzene rings is 1. The average molecular weight is 652 g/mol. The number of pyridine rings is 1. The molecule has 0 bridgehead atoms. The number of fused-ring (bicyclic) bond motifs is 5. The number of hydrogen-bond acceptors (Lipinski definition) is 3. The maximum absolute atomic E-state index is 13.0. The van der Waals surface area contributed by atoms with Gasteiger partial charge >= 0.3 is 5.97 Å². The highest BCUT2D eigenvalue weighted by molar-refractivity contribution is 5.69. The molecule has 3 saturated carbocycles. The topological polar surface area (TPSA) is 39.2 Å². The number of hydrogen-bond donors (Lipinski definition) is 0. The lowest BCUT2D eigenvalue weighted by Gasteiger charge is -2.58. The Morgan fingerprint density at radius 1 is 0.917 bits per heavy atom. The summed E-state index contributed by atoms with van der Waals surface area (Å²) in [5, 5.41) is 0. The van der Waals surface area contributed by atoms with Crippen molar-refractivity contribution >= 4 is 5.97 Å². The van der Waals surface area contributed by atoms with Crippen LogP contribution in [0, 0.1) is 53.3 Å². The second-order valence-corrected chi connectivity index (χ2v) is 17.5. The number of rotatable bonds is 13. The number of allylic oxidation sites excluding steroid dienone is 1. The van der Waals surface area contributed by atoms with E-state index in [0.29, 0.717) is 17.3 Å². The molecule has 1 aromatic carbocycles. The van der Waals surface area contributed by atoms with Gasteiger partial charge in [-0.2, -0.15) is 0 Å². The van der Waals surface area contributed by atoms with Crippen molar-refractivity contribution in [3.8, 4) is 11.3 Å². The standard InChI is InChI=1S/C45H65NO2/c1-31(2)14-12-15-32(3)39-23-24-40-38-22-21-35-30-36(25-27-44(35,5)41(38)26-28-45(39,40)6)48-42(47)20-9-7-8-17-34-18-10-11-19-37(34)43-33(4)16-13-29-46-43/h10-11,13,16,18-19,21,29,31-32,36,38-41H,7-9,12,14-15,17,20,22-28,30H2,1-6H3/t32-,36+,38+,39-,40+,41+,44+,45-/m1/s1. The molecule has 262 valence electrons. The molecule has 48 heavy (non-hydrogen) atoms. The van der Waals surface area contributed by atoms with Gasteiger partial charge in [-0.1, -0.05) is 102 Å². The van der Waals surface area contributed by atoms with E-state index in [9.17, 15) is 4.79 Å². The molecule has 0 radical (unpaired) electrons. The maximum atomic E-state index is 13.0. The predicted molar refractivity (Wildman–Crippen MR) is 200 cm³/mol. The number of aryl methyl sites for hydroxylation is 2. The number of ether oxygens (including phenoxy) is 1. The normalized spacial score (nSPS) is 31.8. The van der Waals surface area contributed by atoms with Gasteiger partial charge < -0.3 is 4.74 Å². The first-order chi connectivity index (χ1) is 23.1. The van der Waals surface area contributed by atoms with Gasteiger partial charge in [-0.3, -0.25) is 9.78 Å². The molecule has 4 aliphatic rings. The summed E-state index contributed by atoms with van der Waals surface area (Å²) in [6, 6.07) is 12.8. The summed E-state index contributed by atoms with van der Waals surface area (Å²) in [5.74, 6) is 5.18. The van der Waals surface area contributed by atoms with Crippen LogP contribution < -0.4 is 0 Å². The predicted octanol–water partition coefficient (Wildman–Crippen LogP) is 12.1. The summed E-state index contributed by atoms with van der Waals surface area (Å²) in [7, 11) is 0. The Bertz CT molecular complexity index is 1430. The van der Waals surface area contributed by atoms with Crippen LogP contribution in [-0.2, 0) is 16.0 Å². The van der Waals surface area contributed by atoms with Gasteiger partial charge in [0.05, 0.1) is 5.69 Å². The molecule has 2 aromatic rings. The molecule has 6 rings (SSSR count). The molecular formula is C45H65NO2. The second-order valence-electron chi connectivity index (χ2n) is 17.5. The zero-order valence-electron chi connectivity index (χ0n) is 31.2. The van der Waals surface area contributed by atoms with E-state index in [1.165, 1.54) is 74.5 Å². The first-order valence-electron chi connectivity index (χ1n) is 20.0. The minimum Gasteiger partial charge on any atom is -0.462 e. The lowest BCUT2D eigenvalue weighted by molar-refractivity contribution is -0.151. The summed E-state index contributed by atoms with van der Waals surface area (Å²) in [4.78, 5) is 17.6. The van der Waals surface area contributed by atoms with E-state index in [1.54, 1.807) is 5.57 Å². The molecular weight excluding hydrogens is 587 g/mol. The Hall–Kier alpha value is -2.42. The third-order valence-corrected chi connectivity index (χ3v) is 14.2. The summed E-state index contributed by atoms with van der Waals surface area (Å²) in [6.07, 6.45) is 23.5. The average Bonchev–Trinajstić information content (AvgIpc) is 3.42. The first kappa shape index (κ1) is 35.4. The van der Waals surface area contributed by atoms with E-state index < -0.39 is 0 Å². The fourth-order valence-corrected chi connectivity index (χ4v) is 11.5. The van der Waals surface area contributed by atoms with Crippen molar-refractivity contribution < 1.29 is 9.53 Å². The van der Waals surface area contributed by atoms with Crippen LogP contribution in [-0.4, -0.2) is 17.1 Å².